The average Bonchev–Trinajstić information content (AvgIpc) is 3.36. The molecule has 1 heterocycles. The standard InChI is InChI=1S/C22H27N3O3.HI/c1-23-21(25(2)13-16-6-4-5-7-18(16)26-3)24-14-22(10-11-22)17-8-9-19-20(12-17)28-15-27-19;/h4-9,12H,10-11,13-15H2,1-3H3,(H,23,24);1H. The van der Waals surface area contributed by atoms with Gasteiger partial charge in [-0.15, -0.1) is 24.0 Å². The van der Waals surface area contributed by atoms with Gasteiger partial charge >= 0.3 is 0 Å². The molecule has 0 bridgehead atoms. The summed E-state index contributed by atoms with van der Waals surface area (Å²) in [6.07, 6.45) is 2.32. The van der Waals surface area contributed by atoms with Gasteiger partial charge in [0, 0.05) is 38.2 Å². The van der Waals surface area contributed by atoms with Gasteiger partial charge in [-0.05, 0) is 36.6 Å². The van der Waals surface area contributed by atoms with Crippen molar-refractivity contribution in [3.8, 4) is 17.2 Å². The SMILES string of the molecule is CN=C(NCC1(c2ccc3c(c2)OCO3)CC1)N(C)Cc1ccccc1OC.I. The molecule has 0 saturated heterocycles. The lowest BCUT2D eigenvalue weighted by Gasteiger charge is -2.25. The molecule has 4 rings (SSSR count). The fourth-order valence-corrected chi connectivity index (χ4v) is 3.74. The minimum absolute atomic E-state index is 0. The van der Waals surface area contributed by atoms with E-state index in [1.807, 2.05) is 38.4 Å². The van der Waals surface area contributed by atoms with Crippen LogP contribution in [0.1, 0.15) is 24.0 Å². The summed E-state index contributed by atoms with van der Waals surface area (Å²) in [4.78, 5) is 6.59. The number of nitrogens with one attached hydrogen (secondary N) is 1. The van der Waals surface area contributed by atoms with Crippen LogP contribution in [0.2, 0.25) is 0 Å². The zero-order valence-electron chi connectivity index (χ0n) is 17.1. The molecule has 2 aromatic carbocycles. The molecule has 1 fully saturated rings. The van der Waals surface area contributed by atoms with Crippen molar-refractivity contribution in [3.63, 3.8) is 0 Å². The Labute approximate surface area is 189 Å². The minimum Gasteiger partial charge on any atom is -0.496 e. The first-order valence-corrected chi connectivity index (χ1v) is 9.59. The highest BCUT2D eigenvalue weighted by Gasteiger charge is 2.45. The van der Waals surface area contributed by atoms with Crippen molar-refractivity contribution in [2.24, 2.45) is 4.99 Å². The second-order valence-electron chi connectivity index (χ2n) is 7.42. The van der Waals surface area contributed by atoms with E-state index in [9.17, 15) is 0 Å². The largest absolute Gasteiger partial charge is 0.496 e. The second kappa shape index (κ2) is 9.11. The average molecular weight is 509 g/mol. The van der Waals surface area contributed by atoms with Crippen LogP contribution in [-0.2, 0) is 12.0 Å². The summed E-state index contributed by atoms with van der Waals surface area (Å²) >= 11 is 0. The number of rotatable bonds is 6. The number of nitrogens with zero attached hydrogens (tertiary/aromatic N) is 2. The molecule has 6 nitrogen and oxygen atoms in total. The molecule has 156 valence electrons. The number of fused-ring (bicyclic) bond motifs is 1. The Balaban J connectivity index is 0.00000240. The maximum absolute atomic E-state index is 5.55. The fourth-order valence-electron chi connectivity index (χ4n) is 3.74. The molecular weight excluding hydrogens is 481 g/mol. The smallest absolute Gasteiger partial charge is 0.231 e. The molecule has 0 atom stereocenters. The Kier molecular flexibility index (Phi) is 6.77. The molecule has 1 aliphatic heterocycles. The predicted octanol–water partition coefficient (Wildman–Crippen LogP) is 3.78. The van der Waals surface area contributed by atoms with Crippen LogP contribution in [-0.4, -0.2) is 45.4 Å². The van der Waals surface area contributed by atoms with Gasteiger partial charge in [0.05, 0.1) is 7.11 Å². The van der Waals surface area contributed by atoms with Crippen LogP contribution >= 0.6 is 24.0 Å². The summed E-state index contributed by atoms with van der Waals surface area (Å²) in [5, 5.41) is 3.56. The molecule has 0 aromatic heterocycles. The van der Waals surface area contributed by atoms with E-state index in [1.54, 1.807) is 7.11 Å². The summed E-state index contributed by atoms with van der Waals surface area (Å²) in [5.41, 5.74) is 2.57. The third-order valence-corrected chi connectivity index (χ3v) is 5.60. The van der Waals surface area contributed by atoms with Gasteiger partial charge in [0.2, 0.25) is 6.79 Å². The maximum atomic E-state index is 5.55. The van der Waals surface area contributed by atoms with Crippen LogP contribution in [0, 0.1) is 0 Å². The normalized spacial score (nSPS) is 16.0. The second-order valence-corrected chi connectivity index (χ2v) is 7.42. The number of halogens is 1. The first-order chi connectivity index (χ1) is 13.6. The molecule has 7 heteroatoms. The van der Waals surface area contributed by atoms with Crippen LogP contribution in [0.4, 0.5) is 0 Å². The van der Waals surface area contributed by atoms with E-state index in [4.69, 9.17) is 14.2 Å². The number of methoxy groups -OCH3 is 1. The van der Waals surface area contributed by atoms with Crippen molar-refractivity contribution in [3.05, 3.63) is 53.6 Å². The van der Waals surface area contributed by atoms with E-state index in [0.29, 0.717) is 6.79 Å². The minimum atomic E-state index is 0. The number of hydrogen-bond acceptors (Lipinski definition) is 4. The van der Waals surface area contributed by atoms with Gasteiger partial charge in [-0.25, -0.2) is 0 Å². The Morgan fingerprint density at radius 1 is 1.17 bits per heavy atom. The molecule has 1 saturated carbocycles. The topological polar surface area (TPSA) is 55.3 Å². The Morgan fingerprint density at radius 3 is 2.66 bits per heavy atom. The lowest BCUT2D eigenvalue weighted by Crippen LogP contribution is -2.42. The van der Waals surface area contributed by atoms with Gasteiger partial charge in [-0.1, -0.05) is 24.3 Å². The zero-order chi connectivity index (χ0) is 19.6. The number of ether oxygens (including phenoxy) is 3. The highest BCUT2D eigenvalue weighted by atomic mass is 127. The van der Waals surface area contributed by atoms with Crippen molar-refractivity contribution in [1.82, 2.24) is 10.2 Å². The van der Waals surface area contributed by atoms with Crippen molar-refractivity contribution >= 4 is 29.9 Å². The number of benzene rings is 2. The molecule has 2 aromatic rings. The van der Waals surface area contributed by atoms with E-state index in [0.717, 1.165) is 54.7 Å². The van der Waals surface area contributed by atoms with E-state index in [-0.39, 0.29) is 29.4 Å². The molecule has 0 radical (unpaired) electrons. The van der Waals surface area contributed by atoms with E-state index < -0.39 is 0 Å². The first kappa shape index (κ1) is 21.5. The Bertz CT molecular complexity index is 883. The Hall–Kier alpha value is -2.16. The lowest BCUT2D eigenvalue weighted by atomic mass is 9.95. The van der Waals surface area contributed by atoms with Gasteiger partial charge in [0.15, 0.2) is 17.5 Å². The van der Waals surface area contributed by atoms with E-state index in [1.165, 1.54) is 5.56 Å². The van der Waals surface area contributed by atoms with Crippen LogP contribution in [0.25, 0.3) is 0 Å². The van der Waals surface area contributed by atoms with Crippen LogP contribution in [0.5, 0.6) is 17.2 Å². The number of aliphatic imine (C=N–C) groups is 1. The molecule has 0 unspecified atom stereocenters. The zero-order valence-corrected chi connectivity index (χ0v) is 19.4. The summed E-state index contributed by atoms with van der Waals surface area (Å²) in [6, 6.07) is 14.4. The molecule has 1 N–H and O–H groups in total. The van der Waals surface area contributed by atoms with Gasteiger partial charge in [-0.2, -0.15) is 0 Å². The van der Waals surface area contributed by atoms with Crippen LogP contribution in [0.3, 0.4) is 0 Å². The first-order valence-electron chi connectivity index (χ1n) is 9.59. The predicted molar refractivity (Wildman–Crippen MR) is 125 cm³/mol. The van der Waals surface area contributed by atoms with Crippen LogP contribution < -0.4 is 19.5 Å². The lowest BCUT2D eigenvalue weighted by molar-refractivity contribution is 0.174. The molecule has 0 amide bonds. The summed E-state index contributed by atoms with van der Waals surface area (Å²) < 4.78 is 16.5. The maximum Gasteiger partial charge on any atom is 0.231 e. The molecular formula is C22H28IN3O3. The number of para-hydroxylation sites is 1. The van der Waals surface area contributed by atoms with Crippen molar-refractivity contribution in [2.45, 2.75) is 24.8 Å². The summed E-state index contributed by atoms with van der Waals surface area (Å²) in [6.45, 7) is 1.88. The van der Waals surface area contributed by atoms with Crippen molar-refractivity contribution < 1.29 is 14.2 Å². The van der Waals surface area contributed by atoms with Gasteiger partial charge in [0.25, 0.3) is 0 Å². The quantitative estimate of drug-likeness (QED) is 0.365. The molecule has 1 aliphatic carbocycles. The van der Waals surface area contributed by atoms with Gasteiger partial charge in [-0.3, -0.25) is 4.99 Å². The summed E-state index contributed by atoms with van der Waals surface area (Å²) in [7, 11) is 5.57. The highest BCUT2D eigenvalue weighted by Crippen LogP contribution is 2.49. The number of guanidine groups is 1. The fraction of sp³-hybridized carbons (Fsp3) is 0.409. The monoisotopic (exact) mass is 509 g/mol. The van der Waals surface area contributed by atoms with Crippen LogP contribution in [0.15, 0.2) is 47.5 Å². The molecule has 2 aliphatic rings. The van der Waals surface area contributed by atoms with Crippen molar-refractivity contribution in [2.75, 3.05) is 34.5 Å². The Morgan fingerprint density at radius 2 is 1.93 bits per heavy atom. The van der Waals surface area contributed by atoms with Gasteiger partial charge < -0.3 is 24.4 Å². The molecule has 29 heavy (non-hydrogen) atoms. The molecule has 0 spiro atoms. The third-order valence-electron chi connectivity index (χ3n) is 5.60. The third kappa shape index (κ3) is 4.55. The summed E-state index contributed by atoms with van der Waals surface area (Å²) in [5.74, 6) is 3.45. The highest BCUT2D eigenvalue weighted by molar-refractivity contribution is 14.0. The number of hydrogen-bond donors (Lipinski definition) is 1. The van der Waals surface area contributed by atoms with E-state index in [2.05, 4.69) is 33.4 Å². The van der Waals surface area contributed by atoms with E-state index >= 15 is 0 Å². The van der Waals surface area contributed by atoms with Crippen molar-refractivity contribution in [1.29, 1.82) is 0 Å². The van der Waals surface area contributed by atoms with Gasteiger partial charge in [0.1, 0.15) is 5.75 Å².